The SMILES string of the molecule is COc1ccc(CN(c2ccncn2)S(=O)(=O)c2cc(C)c(NC3CC[C@H](c4cccc(C(F)(F)F)c4)CC3NC(=O)CN(C)C)cc2F)c(OC)c1. The van der Waals surface area contributed by atoms with E-state index in [4.69, 9.17) is 9.47 Å². The van der Waals surface area contributed by atoms with Gasteiger partial charge in [-0.15, -0.1) is 0 Å². The van der Waals surface area contributed by atoms with Crippen LogP contribution in [0.15, 0.2) is 78.1 Å². The molecule has 1 heterocycles. The summed E-state index contributed by atoms with van der Waals surface area (Å²) in [5.74, 6) is -0.725. The number of benzene rings is 3. The third-order valence-electron chi connectivity index (χ3n) is 9.16. The van der Waals surface area contributed by atoms with E-state index in [2.05, 4.69) is 20.6 Å². The normalized spacial score (nSPS) is 17.7. The molecule has 5 rings (SSSR count). The van der Waals surface area contributed by atoms with Crippen molar-refractivity contribution in [1.29, 1.82) is 0 Å². The predicted octanol–water partition coefficient (Wildman–Crippen LogP) is 6.15. The minimum Gasteiger partial charge on any atom is -0.497 e. The molecule has 3 aromatic carbocycles. The Balaban J connectivity index is 1.44. The first-order valence-corrected chi connectivity index (χ1v) is 18.2. The van der Waals surface area contributed by atoms with E-state index in [0.29, 0.717) is 53.1 Å². The average Bonchev–Trinajstić information content (AvgIpc) is 3.12. The largest absolute Gasteiger partial charge is 0.497 e. The number of hydrogen-bond acceptors (Lipinski definition) is 9. The van der Waals surface area contributed by atoms with Gasteiger partial charge in [-0.25, -0.2) is 27.1 Å². The van der Waals surface area contributed by atoms with Crippen molar-refractivity contribution in [2.75, 3.05) is 44.5 Å². The number of carbonyl (C=O) groups is 1. The third-order valence-corrected chi connectivity index (χ3v) is 10.9. The summed E-state index contributed by atoms with van der Waals surface area (Å²) in [7, 11) is 1.83. The summed E-state index contributed by atoms with van der Waals surface area (Å²) in [6.07, 6.45) is -0.679. The molecular formula is C37H42F4N6O5S. The Hall–Kier alpha value is -4.96. The Morgan fingerprint density at radius 1 is 1.00 bits per heavy atom. The summed E-state index contributed by atoms with van der Waals surface area (Å²) in [6, 6.07) is 12.9. The van der Waals surface area contributed by atoms with E-state index >= 15 is 4.39 Å². The van der Waals surface area contributed by atoms with Gasteiger partial charge in [0, 0.05) is 41.7 Å². The lowest BCUT2D eigenvalue weighted by atomic mass is 9.78. The van der Waals surface area contributed by atoms with Gasteiger partial charge in [0.15, 0.2) is 0 Å². The maximum Gasteiger partial charge on any atom is 0.416 e. The number of hydrogen-bond donors (Lipinski definition) is 2. The fourth-order valence-electron chi connectivity index (χ4n) is 6.50. The molecule has 16 heteroatoms. The van der Waals surface area contributed by atoms with Gasteiger partial charge in [0.25, 0.3) is 10.0 Å². The number of rotatable bonds is 13. The van der Waals surface area contributed by atoms with Crippen molar-refractivity contribution >= 4 is 27.4 Å². The Morgan fingerprint density at radius 2 is 1.77 bits per heavy atom. The van der Waals surface area contributed by atoms with Crippen LogP contribution >= 0.6 is 0 Å². The second-order valence-electron chi connectivity index (χ2n) is 13.2. The highest BCUT2D eigenvalue weighted by molar-refractivity contribution is 7.92. The number of likely N-dealkylation sites (N-methyl/N-ethyl adjacent to an activating group) is 1. The van der Waals surface area contributed by atoms with Crippen LogP contribution in [0.1, 0.15) is 47.4 Å². The van der Waals surface area contributed by atoms with Crippen LogP contribution in [0.2, 0.25) is 0 Å². The predicted molar refractivity (Wildman–Crippen MR) is 192 cm³/mol. The lowest BCUT2D eigenvalue weighted by molar-refractivity contribution is -0.137. The summed E-state index contributed by atoms with van der Waals surface area (Å²) < 4.78 is 96.9. The number of aromatic nitrogens is 2. The molecule has 1 amide bonds. The molecule has 11 nitrogen and oxygen atoms in total. The smallest absolute Gasteiger partial charge is 0.416 e. The lowest BCUT2D eigenvalue weighted by Crippen LogP contribution is -2.51. The molecule has 1 aliphatic carbocycles. The number of nitrogens with one attached hydrogen (secondary N) is 2. The van der Waals surface area contributed by atoms with E-state index in [-0.39, 0.29) is 30.7 Å². The van der Waals surface area contributed by atoms with Crippen LogP contribution < -0.4 is 24.4 Å². The standard InChI is InChI=1S/C37H42F4N6O5S/c1-23-15-34(53(49,50)47(35-13-14-42-22-43-35)20-26-9-11-28(51-4)18-33(26)52-5)29(38)19-31(23)44-30-12-10-25(17-32(30)45-36(48)21-46(2)3)24-7-6-8-27(16-24)37(39,40)41/h6-9,11,13-16,18-19,22,25,30,32,44H,10,12,17,20-21H2,1-5H3,(H,45,48)/t25-,30?,32?/m0/s1. The van der Waals surface area contributed by atoms with Crippen LogP contribution in [-0.4, -0.2) is 76.1 Å². The number of nitrogens with zero attached hydrogens (tertiary/aromatic N) is 4. The zero-order chi connectivity index (χ0) is 38.5. The third kappa shape index (κ3) is 9.35. The molecule has 1 fully saturated rings. The molecule has 2 unspecified atom stereocenters. The molecule has 0 spiro atoms. The topological polar surface area (TPSA) is 126 Å². The van der Waals surface area contributed by atoms with E-state index < -0.39 is 44.6 Å². The van der Waals surface area contributed by atoms with E-state index in [1.54, 1.807) is 50.2 Å². The molecule has 0 radical (unpaired) electrons. The van der Waals surface area contributed by atoms with Crippen molar-refractivity contribution in [2.24, 2.45) is 0 Å². The Morgan fingerprint density at radius 3 is 2.43 bits per heavy atom. The monoisotopic (exact) mass is 758 g/mol. The van der Waals surface area contributed by atoms with Crippen molar-refractivity contribution in [3.8, 4) is 11.5 Å². The number of carbonyl (C=O) groups excluding carboxylic acids is 1. The van der Waals surface area contributed by atoms with Gasteiger partial charge < -0.3 is 25.0 Å². The molecule has 0 aliphatic heterocycles. The molecule has 1 aliphatic rings. The first-order chi connectivity index (χ1) is 25.1. The van der Waals surface area contributed by atoms with Gasteiger partial charge in [-0.3, -0.25) is 4.79 Å². The van der Waals surface area contributed by atoms with Crippen LogP contribution in [0.3, 0.4) is 0 Å². The zero-order valence-corrected chi connectivity index (χ0v) is 30.8. The minimum atomic E-state index is -4.57. The number of amides is 1. The van der Waals surface area contributed by atoms with Gasteiger partial charge in [0.05, 0.1) is 32.9 Å². The average molecular weight is 759 g/mol. The highest BCUT2D eigenvalue weighted by Crippen LogP contribution is 2.39. The number of ether oxygens (including phenoxy) is 2. The summed E-state index contributed by atoms with van der Waals surface area (Å²) in [6.45, 7) is 1.47. The molecule has 53 heavy (non-hydrogen) atoms. The van der Waals surface area contributed by atoms with Gasteiger partial charge in [0.1, 0.15) is 34.4 Å². The van der Waals surface area contributed by atoms with Gasteiger partial charge in [-0.2, -0.15) is 13.2 Å². The van der Waals surface area contributed by atoms with Crippen LogP contribution in [0, 0.1) is 12.7 Å². The number of anilines is 2. The molecule has 3 atom stereocenters. The summed E-state index contributed by atoms with van der Waals surface area (Å²) >= 11 is 0. The summed E-state index contributed by atoms with van der Waals surface area (Å²) in [5.41, 5.74) is 0.955. The van der Waals surface area contributed by atoms with E-state index in [9.17, 15) is 26.4 Å². The van der Waals surface area contributed by atoms with E-state index in [1.165, 1.54) is 44.9 Å². The van der Waals surface area contributed by atoms with E-state index in [1.807, 2.05) is 0 Å². The minimum absolute atomic E-state index is 0.00552. The first kappa shape index (κ1) is 39.3. The van der Waals surface area contributed by atoms with Crippen molar-refractivity contribution < 1.29 is 40.2 Å². The van der Waals surface area contributed by atoms with Crippen LogP contribution in [0.4, 0.5) is 29.1 Å². The number of alkyl halides is 3. The number of methoxy groups -OCH3 is 2. The molecule has 0 saturated heterocycles. The Bertz CT molecular complexity index is 2020. The zero-order valence-electron chi connectivity index (χ0n) is 29.9. The number of sulfonamides is 1. The highest BCUT2D eigenvalue weighted by atomic mass is 32.2. The maximum atomic E-state index is 16.1. The fourth-order valence-corrected chi connectivity index (χ4v) is 8.03. The molecule has 0 bridgehead atoms. The van der Waals surface area contributed by atoms with Crippen molar-refractivity contribution in [1.82, 2.24) is 20.2 Å². The van der Waals surface area contributed by atoms with Gasteiger partial charge >= 0.3 is 6.18 Å². The second kappa shape index (κ2) is 16.4. The van der Waals surface area contributed by atoms with Gasteiger partial charge in [-0.1, -0.05) is 18.2 Å². The van der Waals surface area contributed by atoms with E-state index in [0.717, 1.165) is 22.5 Å². The van der Waals surface area contributed by atoms with Crippen molar-refractivity contribution in [2.45, 2.75) is 61.8 Å². The highest BCUT2D eigenvalue weighted by Gasteiger charge is 2.36. The molecule has 2 N–H and O–H groups in total. The summed E-state index contributed by atoms with van der Waals surface area (Å²) in [5, 5.41) is 6.32. The molecular weight excluding hydrogens is 717 g/mol. The Labute approximate surface area is 306 Å². The molecule has 284 valence electrons. The van der Waals surface area contributed by atoms with Crippen molar-refractivity contribution in [3.05, 3.63) is 101 Å². The molecule has 1 aromatic heterocycles. The quantitative estimate of drug-likeness (QED) is 0.155. The van der Waals surface area contributed by atoms with Crippen molar-refractivity contribution in [3.63, 3.8) is 0 Å². The van der Waals surface area contributed by atoms with Crippen LogP contribution in [0.5, 0.6) is 11.5 Å². The fraction of sp³-hybridized carbons (Fsp3) is 0.378. The first-order valence-electron chi connectivity index (χ1n) is 16.8. The van der Waals surface area contributed by atoms with Gasteiger partial charge in [0.2, 0.25) is 5.91 Å². The molecule has 4 aromatic rings. The summed E-state index contributed by atoms with van der Waals surface area (Å²) in [4.78, 5) is 22.1. The second-order valence-corrected chi connectivity index (χ2v) is 15.0. The Kier molecular flexibility index (Phi) is 12.1. The van der Waals surface area contributed by atoms with Gasteiger partial charge in [-0.05, 0) is 87.7 Å². The molecule has 1 saturated carbocycles. The number of halogens is 4. The maximum absolute atomic E-state index is 16.1. The van der Waals surface area contributed by atoms with Crippen LogP contribution in [-0.2, 0) is 27.5 Å². The lowest BCUT2D eigenvalue weighted by Gasteiger charge is -2.38. The van der Waals surface area contributed by atoms with Crippen LogP contribution in [0.25, 0.3) is 0 Å². The number of aryl methyl sites for hydroxylation is 1.